The van der Waals surface area contributed by atoms with Crippen LogP contribution in [-0.4, -0.2) is 46.4 Å². The standard InChI is InChI=1S/C14H11F5N2O2/c15-13(16)8-6-9(21(13)14(17,18)19)11-10(8)20(11)12(22)23-7-4-2-1-3-5-7/h1-5,8-11H,6H2/t8-,9-,10+,11-,20?/m0/s1. The summed E-state index contributed by atoms with van der Waals surface area (Å²) in [4.78, 5) is 12.3. The Bertz CT molecular complexity index is 650. The average molecular weight is 334 g/mol. The van der Waals surface area contributed by atoms with Gasteiger partial charge in [-0.3, -0.25) is 4.90 Å². The zero-order chi connectivity index (χ0) is 16.6. The van der Waals surface area contributed by atoms with Crippen LogP contribution < -0.4 is 4.74 Å². The van der Waals surface area contributed by atoms with Gasteiger partial charge in [-0.25, -0.2) is 4.79 Å². The van der Waals surface area contributed by atoms with E-state index in [1.807, 2.05) is 0 Å². The molecule has 1 amide bonds. The number of benzene rings is 1. The molecule has 1 saturated carbocycles. The molecule has 0 radical (unpaired) electrons. The summed E-state index contributed by atoms with van der Waals surface area (Å²) in [6, 6.07) is 0.789. The summed E-state index contributed by atoms with van der Waals surface area (Å²) in [5.41, 5.74) is 0. The predicted octanol–water partition coefficient (Wildman–Crippen LogP) is 3.05. The number of carbonyl (C=O) groups excluding carboxylic acids is 1. The van der Waals surface area contributed by atoms with E-state index in [1.165, 1.54) is 12.1 Å². The quantitative estimate of drug-likeness (QED) is 0.450. The molecule has 2 bridgehead atoms. The van der Waals surface area contributed by atoms with Crippen LogP contribution in [0.25, 0.3) is 0 Å². The highest BCUT2D eigenvalue weighted by atomic mass is 19.4. The van der Waals surface area contributed by atoms with Gasteiger partial charge in [0.1, 0.15) is 5.75 Å². The number of likely N-dealkylation sites (tertiary alicyclic amines) is 2. The number of piperidine rings is 2. The van der Waals surface area contributed by atoms with Gasteiger partial charge in [-0.1, -0.05) is 18.2 Å². The van der Waals surface area contributed by atoms with E-state index < -0.39 is 47.4 Å². The highest BCUT2D eigenvalue weighted by molar-refractivity contribution is 5.75. The van der Waals surface area contributed by atoms with E-state index in [0.717, 1.165) is 4.90 Å². The van der Waals surface area contributed by atoms with E-state index in [-0.39, 0.29) is 12.2 Å². The highest BCUT2D eigenvalue weighted by Gasteiger charge is 2.82. The maximum absolute atomic E-state index is 14.0. The van der Waals surface area contributed by atoms with Crippen molar-refractivity contribution in [2.24, 2.45) is 5.92 Å². The zero-order valence-corrected chi connectivity index (χ0v) is 11.5. The monoisotopic (exact) mass is 334 g/mol. The molecular weight excluding hydrogens is 323 g/mol. The van der Waals surface area contributed by atoms with Gasteiger partial charge in [0.2, 0.25) is 0 Å². The van der Waals surface area contributed by atoms with Crippen LogP contribution in [0.1, 0.15) is 6.42 Å². The number of para-hydroxylation sites is 1. The smallest absolute Gasteiger partial charge is 0.410 e. The number of alkyl halides is 5. The van der Waals surface area contributed by atoms with Crippen molar-refractivity contribution in [2.45, 2.75) is 36.9 Å². The summed E-state index contributed by atoms with van der Waals surface area (Å²) in [5, 5.41) is 0. The second-order valence-corrected chi connectivity index (χ2v) is 5.90. The van der Waals surface area contributed by atoms with Gasteiger partial charge in [0.15, 0.2) is 0 Å². The number of carbonyl (C=O) groups is 1. The fourth-order valence-corrected chi connectivity index (χ4v) is 3.90. The van der Waals surface area contributed by atoms with Gasteiger partial charge in [0, 0.05) is 6.04 Å². The predicted molar refractivity (Wildman–Crippen MR) is 66.6 cm³/mol. The van der Waals surface area contributed by atoms with Crippen LogP contribution in [0, 0.1) is 5.92 Å². The number of halogens is 5. The fourth-order valence-electron chi connectivity index (χ4n) is 3.90. The van der Waals surface area contributed by atoms with Gasteiger partial charge in [-0.15, -0.1) is 4.90 Å². The molecule has 2 aliphatic heterocycles. The minimum atomic E-state index is -5.13. The number of ether oxygens (including phenoxy) is 1. The number of rotatable bonds is 1. The topological polar surface area (TPSA) is 32.6 Å². The Kier molecular flexibility index (Phi) is 2.77. The summed E-state index contributed by atoms with van der Waals surface area (Å²) >= 11 is 0. The molecule has 4 atom stereocenters. The van der Waals surface area contributed by atoms with Crippen LogP contribution in [0.4, 0.5) is 26.7 Å². The number of amides is 1. The normalized spacial score (nSPS) is 34.4. The molecule has 0 spiro atoms. The van der Waals surface area contributed by atoms with Gasteiger partial charge >= 0.3 is 18.4 Å². The van der Waals surface area contributed by atoms with Gasteiger partial charge in [-0.05, 0) is 18.6 Å². The molecule has 4 nitrogen and oxygen atoms in total. The first-order valence-corrected chi connectivity index (χ1v) is 7.02. The Hall–Kier alpha value is -1.90. The van der Waals surface area contributed by atoms with Crippen LogP contribution in [0.2, 0.25) is 0 Å². The molecule has 2 saturated heterocycles. The lowest BCUT2D eigenvalue weighted by atomic mass is 10.1. The molecule has 3 aliphatic rings. The van der Waals surface area contributed by atoms with Crippen LogP contribution >= 0.6 is 0 Å². The van der Waals surface area contributed by atoms with E-state index in [0.29, 0.717) is 0 Å². The Morgan fingerprint density at radius 2 is 1.83 bits per heavy atom. The molecule has 0 unspecified atom stereocenters. The third-order valence-electron chi connectivity index (χ3n) is 4.74. The van der Waals surface area contributed by atoms with E-state index in [9.17, 15) is 26.7 Å². The minimum Gasteiger partial charge on any atom is -0.410 e. The molecule has 9 heteroatoms. The fraction of sp³-hybridized carbons (Fsp3) is 0.500. The van der Waals surface area contributed by atoms with E-state index >= 15 is 0 Å². The van der Waals surface area contributed by atoms with Crippen molar-refractivity contribution in [3.63, 3.8) is 0 Å². The second kappa shape index (κ2) is 4.34. The number of hydrogen-bond acceptors (Lipinski definition) is 3. The Morgan fingerprint density at radius 3 is 2.43 bits per heavy atom. The first-order valence-electron chi connectivity index (χ1n) is 7.02. The lowest BCUT2D eigenvalue weighted by Gasteiger charge is -2.33. The van der Waals surface area contributed by atoms with Crippen molar-refractivity contribution < 1.29 is 31.5 Å². The van der Waals surface area contributed by atoms with Gasteiger partial charge in [0.05, 0.1) is 18.0 Å². The van der Waals surface area contributed by atoms with Crippen LogP contribution in [0.5, 0.6) is 5.75 Å². The van der Waals surface area contributed by atoms with Crippen molar-refractivity contribution in [1.82, 2.24) is 9.80 Å². The van der Waals surface area contributed by atoms with Crippen LogP contribution in [0.15, 0.2) is 30.3 Å². The summed E-state index contributed by atoms with van der Waals surface area (Å²) < 4.78 is 71.6. The van der Waals surface area contributed by atoms with Crippen molar-refractivity contribution in [3.05, 3.63) is 30.3 Å². The maximum Gasteiger partial charge on any atom is 0.464 e. The number of fused-ring (bicyclic) bond motifs is 5. The van der Waals surface area contributed by atoms with Crippen LogP contribution in [0.3, 0.4) is 0 Å². The molecule has 1 aromatic rings. The number of nitrogens with zero attached hydrogens (tertiary/aromatic N) is 2. The molecule has 0 aromatic heterocycles. The second-order valence-electron chi connectivity index (χ2n) is 5.90. The first kappa shape index (κ1) is 14.7. The summed E-state index contributed by atoms with van der Waals surface area (Å²) in [6.45, 7) is 0. The largest absolute Gasteiger partial charge is 0.464 e. The third kappa shape index (κ3) is 1.95. The first-order chi connectivity index (χ1) is 10.7. The molecule has 23 heavy (non-hydrogen) atoms. The molecule has 124 valence electrons. The van der Waals surface area contributed by atoms with Crippen molar-refractivity contribution in [3.8, 4) is 5.75 Å². The molecule has 1 aliphatic carbocycles. The molecular formula is C14H11F5N2O2. The van der Waals surface area contributed by atoms with E-state index in [1.54, 1.807) is 18.2 Å². The Labute approximate surface area is 127 Å². The highest BCUT2D eigenvalue weighted by Crippen LogP contribution is 2.63. The average Bonchev–Trinajstić information content (AvgIpc) is 2.98. The molecule has 2 heterocycles. The van der Waals surface area contributed by atoms with Gasteiger partial charge < -0.3 is 4.74 Å². The minimum absolute atomic E-state index is 0.217. The van der Waals surface area contributed by atoms with E-state index in [2.05, 4.69) is 0 Å². The van der Waals surface area contributed by atoms with Gasteiger partial charge in [0.25, 0.3) is 0 Å². The Morgan fingerprint density at radius 1 is 1.17 bits per heavy atom. The zero-order valence-electron chi connectivity index (χ0n) is 11.5. The van der Waals surface area contributed by atoms with Crippen molar-refractivity contribution in [1.29, 1.82) is 0 Å². The lowest BCUT2D eigenvalue weighted by Crippen LogP contribution is -2.56. The van der Waals surface area contributed by atoms with Gasteiger partial charge in [-0.2, -0.15) is 22.0 Å². The van der Waals surface area contributed by atoms with Crippen molar-refractivity contribution in [2.75, 3.05) is 0 Å². The summed E-state index contributed by atoms with van der Waals surface area (Å²) in [7, 11) is 0. The van der Waals surface area contributed by atoms with E-state index in [4.69, 9.17) is 4.74 Å². The molecule has 3 fully saturated rings. The number of hydrogen-bond donors (Lipinski definition) is 0. The summed E-state index contributed by atoms with van der Waals surface area (Å²) in [5.74, 6) is -1.29. The maximum atomic E-state index is 14.0. The lowest BCUT2D eigenvalue weighted by molar-refractivity contribution is -0.339. The molecule has 1 aromatic carbocycles. The molecule has 4 rings (SSSR count). The van der Waals surface area contributed by atoms with Crippen LogP contribution in [-0.2, 0) is 0 Å². The van der Waals surface area contributed by atoms with Crippen molar-refractivity contribution >= 4 is 6.09 Å². The Balaban J connectivity index is 1.54. The SMILES string of the molecule is O=C(Oc1ccccc1)N1[C@@H]2[C@H]1[C@@H]1C[C@@H]2N(C(F)(F)F)C1(F)F. The summed E-state index contributed by atoms with van der Waals surface area (Å²) in [6.07, 6.45) is -6.29. The molecule has 0 N–H and O–H groups in total. The third-order valence-corrected chi connectivity index (χ3v) is 4.74.